The van der Waals surface area contributed by atoms with E-state index in [0.717, 1.165) is 71.3 Å². The summed E-state index contributed by atoms with van der Waals surface area (Å²) in [5, 5.41) is 9.92. The lowest BCUT2D eigenvalue weighted by atomic mass is 9.77. The number of likely N-dealkylation sites (tertiary alicyclic amines) is 2. The predicted molar refractivity (Wildman–Crippen MR) is 91.3 cm³/mol. The summed E-state index contributed by atoms with van der Waals surface area (Å²) in [5.41, 5.74) is 0.00340. The van der Waals surface area contributed by atoms with Crippen molar-refractivity contribution >= 4 is 5.91 Å². The molecule has 2 fully saturated rings. The lowest BCUT2D eigenvalue weighted by molar-refractivity contribution is -0.133. The molecule has 5 nitrogen and oxygen atoms in total. The van der Waals surface area contributed by atoms with Crippen molar-refractivity contribution in [3.05, 3.63) is 0 Å². The van der Waals surface area contributed by atoms with Crippen LogP contribution in [0.5, 0.6) is 0 Å². The van der Waals surface area contributed by atoms with Crippen molar-refractivity contribution in [3.8, 4) is 0 Å². The first-order valence-electron chi connectivity index (χ1n) is 9.26. The van der Waals surface area contributed by atoms with Crippen molar-refractivity contribution < 1.29 is 14.6 Å². The van der Waals surface area contributed by atoms with Crippen molar-refractivity contribution in [2.75, 3.05) is 46.5 Å². The zero-order valence-corrected chi connectivity index (χ0v) is 14.9. The zero-order chi connectivity index (χ0) is 16.7. The summed E-state index contributed by atoms with van der Waals surface area (Å²) < 4.78 is 5.24. The van der Waals surface area contributed by atoms with Crippen molar-refractivity contribution in [1.82, 2.24) is 9.80 Å². The molecule has 23 heavy (non-hydrogen) atoms. The van der Waals surface area contributed by atoms with Crippen LogP contribution in [-0.2, 0) is 9.53 Å². The minimum absolute atomic E-state index is 0.00340. The summed E-state index contributed by atoms with van der Waals surface area (Å²) in [6.07, 6.45) is 6.94. The van der Waals surface area contributed by atoms with E-state index in [-0.39, 0.29) is 12.0 Å². The molecule has 0 aromatic rings. The van der Waals surface area contributed by atoms with Crippen LogP contribution in [0.2, 0.25) is 0 Å². The highest BCUT2D eigenvalue weighted by Gasteiger charge is 2.38. The first kappa shape index (κ1) is 18.7. The maximum atomic E-state index is 12.0. The van der Waals surface area contributed by atoms with Crippen LogP contribution in [0.15, 0.2) is 0 Å². The van der Waals surface area contributed by atoms with E-state index in [9.17, 15) is 9.90 Å². The first-order valence-corrected chi connectivity index (χ1v) is 9.26. The van der Waals surface area contributed by atoms with E-state index >= 15 is 0 Å². The molecule has 0 aromatic heterocycles. The summed E-state index contributed by atoms with van der Waals surface area (Å²) in [6, 6.07) is 0.564. The van der Waals surface area contributed by atoms with E-state index in [4.69, 9.17) is 4.74 Å². The summed E-state index contributed by atoms with van der Waals surface area (Å²) in [6.45, 7) is 6.92. The lowest BCUT2D eigenvalue weighted by Gasteiger charge is -2.47. The van der Waals surface area contributed by atoms with Crippen LogP contribution < -0.4 is 0 Å². The Bertz CT molecular complexity index is 369. The molecule has 134 valence electrons. The fourth-order valence-electron chi connectivity index (χ4n) is 4.14. The molecule has 5 heteroatoms. The Kier molecular flexibility index (Phi) is 7.31. The van der Waals surface area contributed by atoms with Gasteiger partial charge in [-0.2, -0.15) is 0 Å². The summed E-state index contributed by atoms with van der Waals surface area (Å²) >= 11 is 0. The molecule has 2 aliphatic rings. The summed E-state index contributed by atoms with van der Waals surface area (Å²) in [4.78, 5) is 16.6. The van der Waals surface area contributed by atoms with Gasteiger partial charge in [-0.1, -0.05) is 6.92 Å². The van der Waals surface area contributed by atoms with Crippen molar-refractivity contribution in [3.63, 3.8) is 0 Å². The van der Waals surface area contributed by atoms with Crippen LogP contribution in [0, 0.1) is 5.41 Å². The van der Waals surface area contributed by atoms with Gasteiger partial charge in [0.05, 0.1) is 6.61 Å². The van der Waals surface area contributed by atoms with Gasteiger partial charge < -0.3 is 14.7 Å². The van der Waals surface area contributed by atoms with Gasteiger partial charge in [0.25, 0.3) is 0 Å². The molecule has 0 aliphatic carbocycles. The topological polar surface area (TPSA) is 53.0 Å². The number of rotatable bonds is 7. The highest BCUT2D eigenvalue weighted by Crippen LogP contribution is 2.35. The third-order valence-corrected chi connectivity index (χ3v) is 5.66. The number of amides is 1. The monoisotopic (exact) mass is 326 g/mol. The Morgan fingerprint density at radius 1 is 1.30 bits per heavy atom. The number of carbonyl (C=O) groups excluding carboxylic acids is 1. The lowest BCUT2D eigenvalue weighted by Crippen LogP contribution is -2.53. The fraction of sp³-hybridized carbons (Fsp3) is 0.944. The molecule has 0 saturated carbocycles. The van der Waals surface area contributed by atoms with Gasteiger partial charge in [-0.25, -0.2) is 0 Å². The smallest absolute Gasteiger partial charge is 0.222 e. The predicted octanol–water partition coefficient (Wildman–Crippen LogP) is 1.89. The Morgan fingerprint density at radius 2 is 2.04 bits per heavy atom. The molecule has 0 radical (unpaired) electrons. The van der Waals surface area contributed by atoms with E-state index in [1.54, 1.807) is 7.11 Å². The van der Waals surface area contributed by atoms with Crippen LogP contribution in [-0.4, -0.2) is 73.4 Å². The van der Waals surface area contributed by atoms with Gasteiger partial charge in [-0.05, 0) is 45.1 Å². The largest absolute Gasteiger partial charge is 0.396 e. The molecule has 2 heterocycles. The number of methoxy groups -OCH3 is 1. The third kappa shape index (κ3) is 4.91. The van der Waals surface area contributed by atoms with Gasteiger partial charge >= 0.3 is 0 Å². The standard InChI is InChI=1S/C18H34N2O3/c1-3-5-17(22)19-11-6-16(7-12-19)20-10-4-8-18(14-20,15-21)9-13-23-2/h16,21H,3-15H2,1-2H3/t18-/m1/s1. The fourth-order valence-corrected chi connectivity index (χ4v) is 4.14. The van der Waals surface area contributed by atoms with Crippen LogP contribution in [0.25, 0.3) is 0 Å². The first-order chi connectivity index (χ1) is 11.1. The van der Waals surface area contributed by atoms with Crippen molar-refractivity contribution in [2.24, 2.45) is 5.41 Å². The SMILES string of the molecule is CCCC(=O)N1CCC(N2CCC[C@@](CO)(CCOC)C2)CC1. The Balaban J connectivity index is 1.86. The van der Waals surface area contributed by atoms with Crippen molar-refractivity contribution in [1.29, 1.82) is 0 Å². The molecule has 2 saturated heterocycles. The summed E-state index contributed by atoms with van der Waals surface area (Å²) in [5.74, 6) is 0.314. The normalized spacial score (nSPS) is 27.3. The Labute approximate surface area is 141 Å². The van der Waals surface area contributed by atoms with E-state index in [1.807, 2.05) is 4.90 Å². The Morgan fingerprint density at radius 3 is 2.65 bits per heavy atom. The number of aliphatic hydroxyl groups is 1. The molecule has 1 atom stereocenters. The van der Waals surface area contributed by atoms with Crippen LogP contribution in [0.3, 0.4) is 0 Å². The number of hydrogen-bond acceptors (Lipinski definition) is 4. The summed E-state index contributed by atoms with van der Waals surface area (Å²) in [7, 11) is 1.73. The van der Waals surface area contributed by atoms with E-state index in [2.05, 4.69) is 11.8 Å². The average molecular weight is 326 g/mol. The Hall–Kier alpha value is -0.650. The van der Waals surface area contributed by atoms with Gasteiger partial charge in [-0.15, -0.1) is 0 Å². The molecule has 0 bridgehead atoms. The molecule has 2 rings (SSSR count). The molecule has 0 spiro atoms. The maximum absolute atomic E-state index is 12.0. The minimum atomic E-state index is 0.00340. The average Bonchev–Trinajstić information content (AvgIpc) is 2.60. The molecule has 2 aliphatic heterocycles. The maximum Gasteiger partial charge on any atom is 0.222 e. The van der Waals surface area contributed by atoms with Crippen molar-refractivity contribution in [2.45, 2.75) is 57.9 Å². The van der Waals surface area contributed by atoms with Gasteiger partial charge in [0.15, 0.2) is 0 Å². The van der Waals surface area contributed by atoms with Crippen LogP contribution in [0.1, 0.15) is 51.9 Å². The van der Waals surface area contributed by atoms with E-state index in [0.29, 0.717) is 18.4 Å². The third-order valence-electron chi connectivity index (χ3n) is 5.66. The quantitative estimate of drug-likeness (QED) is 0.776. The molecule has 1 amide bonds. The number of nitrogens with zero attached hydrogens (tertiary/aromatic N) is 2. The van der Waals surface area contributed by atoms with Gasteiger partial charge in [0, 0.05) is 51.2 Å². The van der Waals surface area contributed by atoms with Gasteiger partial charge in [0.2, 0.25) is 5.91 Å². The van der Waals surface area contributed by atoms with E-state index < -0.39 is 0 Å². The highest BCUT2D eigenvalue weighted by molar-refractivity contribution is 5.76. The van der Waals surface area contributed by atoms with Gasteiger partial charge in [0.1, 0.15) is 0 Å². The number of piperidine rings is 2. The zero-order valence-electron chi connectivity index (χ0n) is 14.9. The minimum Gasteiger partial charge on any atom is -0.396 e. The number of carbonyl (C=O) groups is 1. The van der Waals surface area contributed by atoms with Crippen LogP contribution in [0.4, 0.5) is 0 Å². The second-order valence-corrected chi connectivity index (χ2v) is 7.34. The molecular weight excluding hydrogens is 292 g/mol. The molecular formula is C18H34N2O3. The number of aliphatic hydroxyl groups excluding tert-OH is 1. The molecule has 0 unspecified atom stereocenters. The van der Waals surface area contributed by atoms with Crippen LogP contribution >= 0.6 is 0 Å². The second kappa shape index (κ2) is 9.00. The van der Waals surface area contributed by atoms with E-state index in [1.165, 1.54) is 0 Å². The molecule has 1 N–H and O–H groups in total. The highest BCUT2D eigenvalue weighted by atomic mass is 16.5. The van der Waals surface area contributed by atoms with Gasteiger partial charge in [-0.3, -0.25) is 9.69 Å². The number of hydrogen-bond donors (Lipinski definition) is 1. The number of ether oxygens (including phenoxy) is 1. The molecule has 0 aromatic carbocycles. The second-order valence-electron chi connectivity index (χ2n) is 7.34.